The second-order valence-electron chi connectivity index (χ2n) is 3.46. The van der Waals surface area contributed by atoms with Crippen LogP contribution in [0.15, 0.2) is 18.2 Å². The zero-order valence-corrected chi connectivity index (χ0v) is 12.5. The predicted molar refractivity (Wildman–Crippen MR) is 78.1 cm³/mol. The van der Waals surface area contributed by atoms with Crippen LogP contribution in [-0.2, 0) is 0 Å². The van der Waals surface area contributed by atoms with Gasteiger partial charge >= 0.3 is 0 Å². The van der Waals surface area contributed by atoms with Gasteiger partial charge in [-0.15, -0.1) is 9.24 Å². The van der Waals surface area contributed by atoms with Gasteiger partial charge in [0, 0.05) is 25.3 Å². The molecule has 0 aliphatic rings. The van der Waals surface area contributed by atoms with Gasteiger partial charge in [-0.05, 0) is 32.1 Å². The number of ketones is 1. The third-order valence-electron chi connectivity index (χ3n) is 2.24. The second-order valence-corrected chi connectivity index (χ2v) is 4.03. The molecular weight excluding hydrogens is 242 g/mol. The van der Waals surface area contributed by atoms with E-state index in [1.165, 1.54) is 0 Å². The Morgan fingerprint density at radius 2 is 1.67 bits per heavy atom. The quantitative estimate of drug-likeness (QED) is 0.430. The Balaban J connectivity index is 0.00000289. The minimum atomic E-state index is 0. The van der Waals surface area contributed by atoms with Crippen molar-refractivity contribution in [2.24, 2.45) is 0 Å². The van der Waals surface area contributed by atoms with E-state index in [9.17, 15) is 4.79 Å². The molecule has 0 fully saturated rings. The fraction of sp³-hybridized carbons (Fsp3) is 0.462. The summed E-state index contributed by atoms with van der Waals surface area (Å²) in [6.07, 6.45) is 1.22. The van der Waals surface area contributed by atoms with Crippen LogP contribution in [0, 0.1) is 0 Å². The third kappa shape index (κ3) is 4.65. The molecule has 1 aromatic rings. The van der Waals surface area contributed by atoms with E-state index in [4.69, 9.17) is 9.47 Å². The van der Waals surface area contributed by atoms with Crippen molar-refractivity contribution in [3.05, 3.63) is 23.8 Å². The molecule has 1 radical (unpaired) electrons. The van der Waals surface area contributed by atoms with E-state index < -0.39 is 0 Å². The molecule has 0 aromatic heterocycles. The molecule has 1 aromatic carbocycles. The van der Waals surface area contributed by atoms with Crippen LogP contribution in [0.2, 0.25) is 0 Å². The Kier molecular flexibility index (Phi) is 9.19. The van der Waals surface area contributed by atoms with Gasteiger partial charge in [-0.1, -0.05) is 6.07 Å². The van der Waals surface area contributed by atoms with Crippen LogP contribution in [0.4, 0.5) is 0 Å². The van der Waals surface area contributed by atoms with Crippen molar-refractivity contribution in [1.82, 2.24) is 0 Å². The number of carbonyl (C=O) groups is 1. The number of hydrogen-bond donors (Lipinski definition) is 0. The minimum absolute atomic E-state index is 0. The number of carbonyl (C=O) groups excluding carboxylic acids is 1. The molecule has 18 heavy (non-hydrogen) atoms. The summed E-state index contributed by atoms with van der Waals surface area (Å²) in [5.74, 6) is 1.29. The maximum atomic E-state index is 12.1. The maximum absolute atomic E-state index is 12.1. The molecule has 3 nitrogen and oxygen atoms in total. The molecule has 0 N–H and O–H groups in total. The predicted octanol–water partition coefficient (Wildman–Crippen LogP) is 2.55. The van der Waals surface area contributed by atoms with Crippen molar-refractivity contribution < 1.29 is 14.3 Å². The molecule has 0 aliphatic carbocycles. The fourth-order valence-electron chi connectivity index (χ4n) is 1.59. The smallest absolute Gasteiger partial charge is 0.170 e. The summed E-state index contributed by atoms with van der Waals surface area (Å²) in [6.45, 7) is 4.88. The van der Waals surface area contributed by atoms with Crippen LogP contribution in [0.3, 0.4) is 0 Å². The zero-order valence-electron chi connectivity index (χ0n) is 11.4. The van der Waals surface area contributed by atoms with Crippen molar-refractivity contribution in [2.75, 3.05) is 19.4 Å². The average Bonchev–Trinajstić information content (AvgIpc) is 2.30. The summed E-state index contributed by atoms with van der Waals surface area (Å²) in [5.41, 5.74) is 0.568. The van der Waals surface area contributed by atoms with Gasteiger partial charge in [0.05, 0.1) is 13.2 Å². The van der Waals surface area contributed by atoms with Crippen molar-refractivity contribution in [3.8, 4) is 11.5 Å². The molecule has 1 atom stereocenters. The standard InChI is InChI=1S/C13H19O3P.Li/c1-3-15-11-6-5-7-12(16-4-2)13(11)10(14)8-9-17;/h5-7H,3-4,8-9,17H2,1-2H3;. The second kappa shape index (κ2) is 9.45. The molecular formula is C13H19LiO3P. The topological polar surface area (TPSA) is 35.5 Å². The first kappa shape index (κ1) is 17.5. The SMILES string of the molecule is CCOc1cccc(OCC)c1C(=O)CCP.[Li]. The maximum Gasteiger partial charge on any atom is 0.170 e. The van der Waals surface area contributed by atoms with Gasteiger partial charge < -0.3 is 9.47 Å². The van der Waals surface area contributed by atoms with Crippen LogP contribution in [0.25, 0.3) is 0 Å². The molecule has 0 bridgehead atoms. The van der Waals surface area contributed by atoms with Gasteiger partial charge in [0.2, 0.25) is 0 Å². The molecule has 0 spiro atoms. The molecule has 0 aliphatic heterocycles. The normalized spacial score (nSPS) is 9.50. The number of benzene rings is 1. The molecule has 1 rings (SSSR count). The van der Waals surface area contributed by atoms with Gasteiger partial charge in [-0.25, -0.2) is 0 Å². The van der Waals surface area contributed by atoms with E-state index in [0.717, 1.165) is 6.16 Å². The summed E-state index contributed by atoms with van der Waals surface area (Å²) in [7, 11) is 2.56. The van der Waals surface area contributed by atoms with Crippen molar-refractivity contribution in [3.63, 3.8) is 0 Å². The minimum Gasteiger partial charge on any atom is -0.493 e. The van der Waals surface area contributed by atoms with Crippen molar-refractivity contribution >= 4 is 33.9 Å². The average molecular weight is 261 g/mol. The van der Waals surface area contributed by atoms with E-state index in [1.807, 2.05) is 32.0 Å². The van der Waals surface area contributed by atoms with E-state index in [-0.39, 0.29) is 24.6 Å². The van der Waals surface area contributed by atoms with Gasteiger partial charge in [0.25, 0.3) is 0 Å². The Bertz CT molecular complexity index is 358. The molecule has 0 heterocycles. The summed E-state index contributed by atoms with van der Waals surface area (Å²) in [5, 5.41) is 0. The molecule has 1 unspecified atom stereocenters. The Hall–Kier alpha value is -0.483. The largest absolute Gasteiger partial charge is 0.493 e. The van der Waals surface area contributed by atoms with Crippen LogP contribution in [0.1, 0.15) is 30.6 Å². The van der Waals surface area contributed by atoms with E-state index in [2.05, 4.69) is 9.24 Å². The fourth-order valence-corrected chi connectivity index (χ4v) is 1.86. The first-order chi connectivity index (χ1) is 8.24. The molecule has 0 saturated heterocycles. The summed E-state index contributed by atoms with van der Waals surface area (Å²) in [6, 6.07) is 5.46. The summed E-state index contributed by atoms with van der Waals surface area (Å²) >= 11 is 0. The third-order valence-corrected chi connectivity index (χ3v) is 2.53. The summed E-state index contributed by atoms with van der Waals surface area (Å²) in [4.78, 5) is 12.1. The Morgan fingerprint density at radius 3 is 2.06 bits per heavy atom. The van der Waals surface area contributed by atoms with Crippen molar-refractivity contribution in [1.29, 1.82) is 0 Å². The monoisotopic (exact) mass is 261 g/mol. The number of ether oxygens (including phenoxy) is 2. The summed E-state index contributed by atoms with van der Waals surface area (Å²) < 4.78 is 11.0. The molecule has 0 amide bonds. The first-order valence-corrected chi connectivity index (χ1v) is 6.68. The number of hydrogen-bond acceptors (Lipinski definition) is 3. The van der Waals surface area contributed by atoms with Gasteiger partial charge in [-0.3, -0.25) is 4.79 Å². The van der Waals surface area contributed by atoms with Crippen molar-refractivity contribution in [2.45, 2.75) is 20.3 Å². The van der Waals surface area contributed by atoms with Gasteiger partial charge in [0.15, 0.2) is 5.78 Å². The Morgan fingerprint density at radius 1 is 1.17 bits per heavy atom. The van der Waals surface area contributed by atoms with E-state index in [1.54, 1.807) is 0 Å². The van der Waals surface area contributed by atoms with Crippen LogP contribution in [-0.4, -0.2) is 44.0 Å². The number of Topliss-reactive ketones (excluding diaryl/α,β-unsaturated/α-hetero) is 1. The Labute approximate surface area is 123 Å². The van der Waals surface area contributed by atoms with Crippen LogP contribution < -0.4 is 9.47 Å². The van der Waals surface area contributed by atoms with Crippen LogP contribution >= 0.6 is 9.24 Å². The first-order valence-electron chi connectivity index (χ1n) is 5.86. The van der Waals surface area contributed by atoms with Gasteiger partial charge in [0.1, 0.15) is 17.1 Å². The number of rotatable bonds is 7. The molecule has 0 saturated carbocycles. The molecule has 5 heteroatoms. The van der Waals surface area contributed by atoms with Gasteiger partial charge in [-0.2, -0.15) is 0 Å². The molecule has 95 valence electrons. The van der Waals surface area contributed by atoms with E-state index >= 15 is 0 Å². The van der Waals surface area contributed by atoms with E-state index in [0.29, 0.717) is 36.7 Å². The van der Waals surface area contributed by atoms with Crippen LogP contribution in [0.5, 0.6) is 11.5 Å². The zero-order chi connectivity index (χ0) is 12.7.